The number of aliphatic hydroxyl groups is 1. The Morgan fingerprint density at radius 2 is 0.460 bits per heavy atom. The molecule has 0 spiro atoms. The van der Waals surface area contributed by atoms with E-state index in [2.05, 4.69) is 27.7 Å². The van der Waals surface area contributed by atoms with Crippen molar-refractivity contribution >= 4 is 39.5 Å². The monoisotopic (exact) mass is 1280 g/mol. The van der Waals surface area contributed by atoms with Gasteiger partial charge < -0.3 is 33.8 Å². The van der Waals surface area contributed by atoms with E-state index in [1.54, 1.807) is 0 Å². The molecule has 0 aromatic carbocycles. The molecule has 516 valence electrons. The van der Waals surface area contributed by atoms with E-state index in [1.807, 2.05) is 0 Å². The summed E-state index contributed by atoms with van der Waals surface area (Å²) in [7, 11) is -9.89. The smallest absolute Gasteiger partial charge is 0.462 e. The number of carbonyl (C=O) groups is 4. The van der Waals surface area contributed by atoms with Crippen LogP contribution in [0.25, 0.3) is 0 Å². The lowest BCUT2D eigenvalue weighted by Gasteiger charge is -2.21. The minimum Gasteiger partial charge on any atom is -0.462 e. The highest BCUT2D eigenvalue weighted by Gasteiger charge is 2.30. The lowest BCUT2D eigenvalue weighted by molar-refractivity contribution is -0.161. The lowest BCUT2D eigenvalue weighted by Crippen LogP contribution is -2.30. The van der Waals surface area contributed by atoms with Gasteiger partial charge in [-0.1, -0.05) is 304 Å². The first-order chi connectivity index (χ1) is 42.2. The molecule has 0 aromatic heterocycles. The summed E-state index contributed by atoms with van der Waals surface area (Å²) in [6.45, 7) is 4.91. The van der Waals surface area contributed by atoms with Crippen LogP contribution in [0, 0.1) is 0 Å². The summed E-state index contributed by atoms with van der Waals surface area (Å²) in [5.41, 5.74) is 0. The standard InChI is InChI=1S/C68H132O17P2/c1-5-9-13-17-21-25-28-30-32-34-38-41-45-49-53-66(71)79-59-64(85-68(73)55-51-47-43-39-35-33-31-29-26-22-18-14-10-6-2)61-83-87(76,77)81-57-62(69)56-80-86(74,75)82-60-63(58-78-65(70)52-48-44-40-36-24-20-16-12-8-4)84-67(72)54-50-46-42-37-27-23-19-15-11-7-3/h62-64,69H,5-61H2,1-4H3,(H,74,75)(H,76,77)/t62-,63+,64+/m0/s1. The van der Waals surface area contributed by atoms with Gasteiger partial charge in [0.25, 0.3) is 0 Å². The number of rotatable bonds is 69. The normalized spacial score (nSPS) is 14.1. The van der Waals surface area contributed by atoms with Crippen molar-refractivity contribution in [3.63, 3.8) is 0 Å². The van der Waals surface area contributed by atoms with Crippen molar-refractivity contribution in [1.29, 1.82) is 0 Å². The third kappa shape index (κ3) is 62.6. The summed E-state index contributed by atoms with van der Waals surface area (Å²) < 4.78 is 68.2. The van der Waals surface area contributed by atoms with Gasteiger partial charge in [-0.05, 0) is 25.7 Å². The number of hydrogen-bond acceptors (Lipinski definition) is 15. The van der Waals surface area contributed by atoms with Gasteiger partial charge in [0.1, 0.15) is 19.3 Å². The summed E-state index contributed by atoms with van der Waals surface area (Å²) in [6.07, 6.45) is 49.8. The summed E-state index contributed by atoms with van der Waals surface area (Å²) in [5, 5.41) is 10.6. The van der Waals surface area contributed by atoms with Crippen molar-refractivity contribution in [3.05, 3.63) is 0 Å². The van der Waals surface area contributed by atoms with E-state index in [0.717, 1.165) is 89.9 Å². The summed E-state index contributed by atoms with van der Waals surface area (Å²) in [5.74, 6) is -2.12. The van der Waals surface area contributed by atoms with Crippen molar-refractivity contribution in [1.82, 2.24) is 0 Å². The second kappa shape index (κ2) is 62.8. The van der Waals surface area contributed by atoms with E-state index < -0.39 is 97.5 Å². The van der Waals surface area contributed by atoms with E-state index in [4.69, 9.17) is 37.0 Å². The molecular weight excluding hydrogens is 1150 g/mol. The Morgan fingerprint density at radius 3 is 0.678 bits per heavy atom. The van der Waals surface area contributed by atoms with Gasteiger partial charge in [-0.3, -0.25) is 37.3 Å². The molecule has 0 amide bonds. The number of hydrogen-bond donors (Lipinski definition) is 3. The molecule has 0 saturated carbocycles. The fourth-order valence-electron chi connectivity index (χ4n) is 10.3. The Morgan fingerprint density at radius 1 is 0.276 bits per heavy atom. The molecule has 0 heterocycles. The summed E-state index contributed by atoms with van der Waals surface area (Å²) in [6, 6.07) is 0. The van der Waals surface area contributed by atoms with E-state index in [1.165, 1.54) is 186 Å². The average Bonchev–Trinajstić information content (AvgIpc) is 3.52. The predicted molar refractivity (Wildman–Crippen MR) is 349 cm³/mol. The number of aliphatic hydroxyl groups excluding tert-OH is 1. The number of phosphoric ester groups is 2. The van der Waals surface area contributed by atoms with Crippen molar-refractivity contribution in [2.75, 3.05) is 39.6 Å². The second-order valence-electron chi connectivity index (χ2n) is 24.6. The van der Waals surface area contributed by atoms with Gasteiger partial charge in [0.05, 0.1) is 26.4 Å². The molecule has 87 heavy (non-hydrogen) atoms. The molecule has 0 saturated heterocycles. The molecule has 17 nitrogen and oxygen atoms in total. The molecule has 0 bridgehead atoms. The molecule has 0 aromatic rings. The average molecular weight is 1280 g/mol. The van der Waals surface area contributed by atoms with Gasteiger partial charge in [-0.25, -0.2) is 9.13 Å². The number of phosphoric acid groups is 2. The first kappa shape index (κ1) is 85.1. The zero-order valence-electron chi connectivity index (χ0n) is 56.0. The zero-order valence-corrected chi connectivity index (χ0v) is 57.8. The van der Waals surface area contributed by atoms with E-state index in [-0.39, 0.29) is 25.7 Å². The van der Waals surface area contributed by atoms with Crippen molar-refractivity contribution in [3.8, 4) is 0 Å². The van der Waals surface area contributed by atoms with Crippen LogP contribution in [0.2, 0.25) is 0 Å². The van der Waals surface area contributed by atoms with E-state index in [0.29, 0.717) is 25.7 Å². The summed E-state index contributed by atoms with van der Waals surface area (Å²) in [4.78, 5) is 72.4. The molecule has 0 aliphatic heterocycles. The third-order valence-electron chi connectivity index (χ3n) is 15.9. The van der Waals surface area contributed by atoms with Crippen LogP contribution in [-0.4, -0.2) is 96.7 Å². The Labute approximate surface area is 530 Å². The van der Waals surface area contributed by atoms with Crippen LogP contribution in [0.3, 0.4) is 0 Å². The van der Waals surface area contributed by atoms with Crippen LogP contribution < -0.4 is 0 Å². The highest BCUT2D eigenvalue weighted by Crippen LogP contribution is 2.45. The van der Waals surface area contributed by atoms with Crippen LogP contribution >= 0.6 is 15.6 Å². The van der Waals surface area contributed by atoms with Gasteiger partial charge in [0, 0.05) is 25.7 Å². The Bertz CT molecular complexity index is 1670. The topological polar surface area (TPSA) is 237 Å². The fourth-order valence-corrected chi connectivity index (χ4v) is 11.9. The quantitative estimate of drug-likeness (QED) is 0.0222. The molecule has 0 fully saturated rings. The minimum absolute atomic E-state index is 0.107. The first-order valence-corrected chi connectivity index (χ1v) is 38.8. The van der Waals surface area contributed by atoms with Gasteiger partial charge >= 0.3 is 39.5 Å². The minimum atomic E-state index is -4.95. The Kier molecular flexibility index (Phi) is 61.4. The number of ether oxygens (including phenoxy) is 4. The highest BCUT2D eigenvalue weighted by molar-refractivity contribution is 7.47. The van der Waals surface area contributed by atoms with Gasteiger partial charge in [0.2, 0.25) is 0 Å². The van der Waals surface area contributed by atoms with Crippen LogP contribution in [0.15, 0.2) is 0 Å². The van der Waals surface area contributed by atoms with Gasteiger partial charge in [0.15, 0.2) is 12.2 Å². The molecule has 0 radical (unpaired) electrons. The summed E-state index contributed by atoms with van der Waals surface area (Å²) >= 11 is 0. The number of esters is 4. The van der Waals surface area contributed by atoms with Gasteiger partial charge in [-0.2, -0.15) is 0 Å². The molecule has 0 rings (SSSR count). The van der Waals surface area contributed by atoms with E-state index in [9.17, 15) is 43.2 Å². The molecule has 0 aliphatic carbocycles. The maximum absolute atomic E-state index is 13.0. The van der Waals surface area contributed by atoms with Crippen LogP contribution in [0.5, 0.6) is 0 Å². The van der Waals surface area contributed by atoms with E-state index >= 15 is 0 Å². The second-order valence-corrected chi connectivity index (χ2v) is 27.5. The zero-order chi connectivity index (χ0) is 64.0. The number of unbranched alkanes of at least 4 members (excludes halogenated alkanes) is 43. The maximum atomic E-state index is 13.0. The highest BCUT2D eigenvalue weighted by atomic mass is 31.2. The van der Waals surface area contributed by atoms with Gasteiger partial charge in [-0.15, -0.1) is 0 Å². The first-order valence-electron chi connectivity index (χ1n) is 35.8. The largest absolute Gasteiger partial charge is 0.472 e. The Hall–Kier alpha value is -1.94. The third-order valence-corrected chi connectivity index (χ3v) is 17.8. The molecule has 5 atom stereocenters. The van der Waals surface area contributed by atoms with Crippen LogP contribution in [0.4, 0.5) is 0 Å². The molecule has 0 aliphatic rings. The maximum Gasteiger partial charge on any atom is 0.472 e. The van der Waals surface area contributed by atoms with Crippen LogP contribution in [0.1, 0.15) is 355 Å². The Balaban J connectivity index is 5.22. The number of carbonyl (C=O) groups excluding carboxylic acids is 4. The molecule has 2 unspecified atom stereocenters. The molecule has 3 N–H and O–H groups in total. The fraction of sp³-hybridized carbons (Fsp3) is 0.941. The van der Waals surface area contributed by atoms with Crippen molar-refractivity contribution in [2.45, 2.75) is 373 Å². The molecular formula is C68H132O17P2. The lowest BCUT2D eigenvalue weighted by atomic mass is 10.0. The van der Waals surface area contributed by atoms with Crippen molar-refractivity contribution in [2.24, 2.45) is 0 Å². The SMILES string of the molecule is CCCCCCCCCCCCCCCCC(=O)OC[C@H](COP(=O)(O)OC[C@@H](O)COP(=O)(O)OC[C@@H](COC(=O)CCCCCCCCCCC)OC(=O)CCCCCCCCCCCC)OC(=O)CCCCCCCCCCCCCCCC. The predicted octanol–water partition coefficient (Wildman–Crippen LogP) is 19.5. The van der Waals surface area contributed by atoms with Crippen LogP contribution in [-0.2, 0) is 65.4 Å². The molecule has 19 heteroatoms. The van der Waals surface area contributed by atoms with Crippen molar-refractivity contribution < 1.29 is 80.2 Å².